The van der Waals surface area contributed by atoms with Crippen molar-refractivity contribution in [3.05, 3.63) is 58.3 Å². The third-order valence-electron chi connectivity index (χ3n) is 2.78. The van der Waals surface area contributed by atoms with Gasteiger partial charge in [0.15, 0.2) is 0 Å². The summed E-state index contributed by atoms with van der Waals surface area (Å²) in [6.07, 6.45) is 3.26. The lowest BCUT2D eigenvalue weighted by atomic mass is 10.2. The topological polar surface area (TPSA) is 58.2 Å². The predicted octanol–water partition coefficient (Wildman–Crippen LogP) is 3.54. The lowest BCUT2D eigenvalue weighted by molar-refractivity contribution is -0.111. The summed E-state index contributed by atoms with van der Waals surface area (Å²) in [4.78, 5) is 24.6. The summed E-state index contributed by atoms with van der Waals surface area (Å²) < 4.78 is 0. The summed E-state index contributed by atoms with van der Waals surface area (Å²) in [6.45, 7) is 3.82. The number of anilines is 1. The maximum absolute atomic E-state index is 11.8. The Hall–Kier alpha value is -2.40. The van der Waals surface area contributed by atoms with Gasteiger partial charge < -0.3 is 10.6 Å². The minimum Gasteiger partial charge on any atom is -0.350 e. The minimum absolute atomic E-state index is 0.0919. The Balaban J connectivity index is 1.93. The molecule has 0 fully saturated rings. The first-order valence-electron chi connectivity index (χ1n) is 6.98. The Kier molecular flexibility index (Phi) is 5.49. The molecule has 0 aliphatic rings. The molecule has 0 radical (unpaired) electrons. The molecule has 2 aromatic rings. The van der Waals surface area contributed by atoms with Crippen LogP contribution in [0.5, 0.6) is 0 Å². The van der Waals surface area contributed by atoms with E-state index in [0.29, 0.717) is 11.3 Å². The van der Waals surface area contributed by atoms with Gasteiger partial charge >= 0.3 is 0 Å². The van der Waals surface area contributed by atoms with Gasteiger partial charge in [0, 0.05) is 28.2 Å². The highest BCUT2D eigenvalue weighted by molar-refractivity contribution is 7.10. The van der Waals surface area contributed by atoms with Gasteiger partial charge in [-0.25, -0.2) is 0 Å². The summed E-state index contributed by atoms with van der Waals surface area (Å²) in [5.41, 5.74) is 1.22. The van der Waals surface area contributed by atoms with Crippen LogP contribution in [0.1, 0.15) is 29.1 Å². The van der Waals surface area contributed by atoms with E-state index in [2.05, 4.69) is 10.6 Å². The first-order chi connectivity index (χ1) is 10.5. The van der Waals surface area contributed by atoms with Crippen LogP contribution in [0.4, 0.5) is 5.69 Å². The molecule has 1 aromatic carbocycles. The molecule has 0 spiro atoms. The molecule has 0 aliphatic carbocycles. The molecule has 0 atom stereocenters. The van der Waals surface area contributed by atoms with Crippen LogP contribution in [0, 0.1) is 0 Å². The van der Waals surface area contributed by atoms with E-state index >= 15 is 0 Å². The SMILES string of the molecule is CC(C)NC(=O)c1ccc(NC(=O)/C=C/c2cccs2)cc1. The van der Waals surface area contributed by atoms with Crippen molar-refractivity contribution in [3.63, 3.8) is 0 Å². The molecule has 114 valence electrons. The van der Waals surface area contributed by atoms with E-state index in [1.165, 1.54) is 6.08 Å². The van der Waals surface area contributed by atoms with E-state index in [9.17, 15) is 9.59 Å². The van der Waals surface area contributed by atoms with Crippen LogP contribution in [-0.2, 0) is 4.79 Å². The van der Waals surface area contributed by atoms with E-state index in [-0.39, 0.29) is 17.9 Å². The van der Waals surface area contributed by atoms with E-state index in [4.69, 9.17) is 0 Å². The van der Waals surface area contributed by atoms with Gasteiger partial charge in [-0.15, -0.1) is 11.3 Å². The second-order valence-corrected chi connectivity index (χ2v) is 6.02. The first-order valence-corrected chi connectivity index (χ1v) is 7.86. The number of thiophene rings is 1. The molecule has 0 aliphatic heterocycles. The molecule has 2 amide bonds. The number of rotatable bonds is 5. The summed E-state index contributed by atoms with van der Waals surface area (Å²) in [7, 11) is 0. The van der Waals surface area contributed by atoms with Gasteiger partial charge in [-0.1, -0.05) is 6.07 Å². The predicted molar refractivity (Wildman–Crippen MR) is 91.0 cm³/mol. The fourth-order valence-electron chi connectivity index (χ4n) is 1.78. The van der Waals surface area contributed by atoms with E-state index in [0.717, 1.165) is 4.88 Å². The number of hydrogen-bond acceptors (Lipinski definition) is 3. The Bertz CT molecular complexity index is 658. The zero-order valence-corrected chi connectivity index (χ0v) is 13.3. The first kappa shape index (κ1) is 16.0. The van der Waals surface area contributed by atoms with E-state index < -0.39 is 0 Å². The number of amides is 2. The maximum Gasteiger partial charge on any atom is 0.251 e. The summed E-state index contributed by atoms with van der Waals surface area (Å²) in [5.74, 6) is -0.321. The highest BCUT2D eigenvalue weighted by Crippen LogP contribution is 2.12. The summed E-state index contributed by atoms with van der Waals surface area (Å²) in [5, 5.41) is 7.53. The van der Waals surface area contributed by atoms with Crippen molar-refractivity contribution in [2.75, 3.05) is 5.32 Å². The van der Waals surface area contributed by atoms with Gasteiger partial charge in [0.2, 0.25) is 5.91 Å². The molecule has 2 N–H and O–H groups in total. The average Bonchev–Trinajstić information content (AvgIpc) is 2.98. The number of hydrogen-bond donors (Lipinski definition) is 2. The van der Waals surface area contributed by atoms with Crippen LogP contribution >= 0.6 is 11.3 Å². The number of benzene rings is 1. The van der Waals surface area contributed by atoms with Gasteiger partial charge in [-0.2, -0.15) is 0 Å². The van der Waals surface area contributed by atoms with Gasteiger partial charge in [-0.05, 0) is 55.6 Å². The van der Waals surface area contributed by atoms with E-state index in [1.54, 1.807) is 41.7 Å². The van der Waals surface area contributed by atoms with Crippen molar-refractivity contribution >= 4 is 34.9 Å². The van der Waals surface area contributed by atoms with Crippen LogP contribution in [0.25, 0.3) is 6.08 Å². The molecule has 0 saturated heterocycles. The highest BCUT2D eigenvalue weighted by Gasteiger charge is 2.06. The highest BCUT2D eigenvalue weighted by atomic mass is 32.1. The molecular formula is C17H18N2O2S. The molecule has 0 bridgehead atoms. The molecule has 0 saturated carbocycles. The summed E-state index contributed by atoms with van der Waals surface area (Å²) in [6, 6.07) is 10.8. The molecule has 1 aromatic heterocycles. The van der Waals surface area contributed by atoms with E-state index in [1.807, 2.05) is 31.4 Å². The molecule has 5 heteroatoms. The third-order valence-corrected chi connectivity index (χ3v) is 3.61. The minimum atomic E-state index is -0.201. The van der Waals surface area contributed by atoms with Crippen molar-refractivity contribution in [3.8, 4) is 0 Å². The van der Waals surface area contributed by atoms with Crippen LogP contribution in [-0.4, -0.2) is 17.9 Å². The average molecular weight is 314 g/mol. The number of nitrogens with one attached hydrogen (secondary N) is 2. The van der Waals surface area contributed by atoms with Crippen LogP contribution in [0.15, 0.2) is 47.9 Å². The fourth-order valence-corrected chi connectivity index (χ4v) is 2.40. The Morgan fingerprint density at radius 1 is 1.14 bits per heavy atom. The molecule has 1 heterocycles. The molecule has 4 nitrogen and oxygen atoms in total. The fraction of sp³-hybridized carbons (Fsp3) is 0.176. The lowest BCUT2D eigenvalue weighted by Gasteiger charge is -2.09. The standard InChI is InChI=1S/C17H18N2O2S/c1-12(2)18-17(21)13-5-7-14(8-6-13)19-16(20)10-9-15-4-3-11-22-15/h3-12H,1-2H3,(H,18,21)(H,19,20)/b10-9+. The van der Waals surface area contributed by atoms with Gasteiger partial charge in [0.25, 0.3) is 5.91 Å². The third kappa shape index (κ3) is 4.86. The monoisotopic (exact) mass is 314 g/mol. The Morgan fingerprint density at radius 3 is 2.45 bits per heavy atom. The second-order valence-electron chi connectivity index (χ2n) is 5.04. The van der Waals surface area contributed by atoms with Crippen molar-refractivity contribution < 1.29 is 9.59 Å². The molecule has 22 heavy (non-hydrogen) atoms. The van der Waals surface area contributed by atoms with Crippen molar-refractivity contribution in [2.45, 2.75) is 19.9 Å². The van der Waals surface area contributed by atoms with Crippen LogP contribution in [0.2, 0.25) is 0 Å². The largest absolute Gasteiger partial charge is 0.350 e. The maximum atomic E-state index is 11.8. The molecular weight excluding hydrogens is 296 g/mol. The normalized spacial score (nSPS) is 10.9. The number of carbonyl (C=O) groups is 2. The molecule has 0 unspecified atom stereocenters. The Morgan fingerprint density at radius 2 is 1.86 bits per heavy atom. The zero-order valence-electron chi connectivity index (χ0n) is 12.5. The quantitative estimate of drug-likeness (QED) is 0.829. The summed E-state index contributed by atoms with van der Waals surface area (Å²) >= 11 is 1.57. The smallest absolute Gasteiger partial charge is 0.251 e. The van der Waals surface area contributed by atoms with Gasteiger partial charge in [0.1, 0.15) is 0 Å². The van der Waals surface area contributed by atoms with Crippen LogP contribution in [0.3, 0.4) is 0 Å². The zero-order chi connectivity index (χ0) is 15.9. The molecule has 2 rings (SSSR count). The lowest BCUT2D eigenvalue weighted by Crippen LogP contribution is -2.29. The van der Waals surface area contributed by atoms with Gasteiger partial charge in [-0.3, -0.25) is 9.59 Å². The number of carbonyl (C=O) groups excluding carboxylic acids is 2. The van der Waals surface area contributed by atoms with Gasteiger partial charge in [0.05, 0.1) is 0 Å². The van der Waals surface area contributed by atoms with Crippen molar-refractivity contribution in [1.29, 1.82) is 0 Å². The van der Waals surface area contributed by atoms with Crippen LogP contribution < -0.4 is 10.6 Å². The van der Waals surface area contributed by atoms with Crippen molar-refractivity contribution in [2.24, 2.45) is 0 Å². The van der Waals surface area contributed by atoms with Crippen molar-refractivity contribution in [1.82, 2.24) is 5.32 Å². The Labute approximate surface area is 133 Å². The second kappa shape index (κ2) is 7.56.